The number of rotatable bonds is 3. The Labute approximate surface area is 138 Å². The molecule has 1 unspecified atom stereocenters. The largest absolute Gasteiger partial charge is 0.344 e. The molecule has 1 atom stereocenters. The number of carbonyl (C=O) groups is 1. The number of fused-ring (bicyclic) bond motifs is 1. The summed E-state index contributed by atoms with van der Waals surface area (Å²) in [7, 11) is 0. The first-order chi connectivity index (χ1) is 10.9. The van der Waals surface area contributed by atoms with Gasteiger partial charge in [-0.3, -0.25) is 4.79 Å². The zero-order chi connectivity index (χ0) is 16.6. The predicted octanol–water partition coefficient (Wildman–Crippen LogP) is 3.50. The Morgan fingerprint density at radius 3 is 2.43 bits per heavy atom. The Kier molecular flexibility index (Phi) is 4.09. The van der Waals surface area contributed by atoms with Crippen LogP contribution in [0.1, 0.15) is 45.4 Å². The molecule has 0 saturated carbocycles. The van der Waals surface area contributed by atoms with Crippen LogP contribution in [0.15, 0.2) is 23.6 Å². The van der Waals surface area contributed by atoms with Gasteiger partial charge in [0.05, 0.1) is 39.2 Å². The van der Waals surface area contributed by atoms with E-state index >= 15 is 0 Å². The Bertz CT molecular complexity index is 887. The molecule has 1 N–H and O–H groups in total. The van der Waals surface area contributed by atoms with Crippen LogP contribution in [-0.2, 0) is 0 Å². The fourth-order valence-electron chi connectivity index (χ4n) is 2.30. The van der Waals surface area contributed by atoms with E-state index in [1.807, 2.05) is 39.1 Å². The van der Waals surface area contributed by atoms with Crippen molar-refractivity contribution < 1.29 is 4.79 Å². The molecule has 0 aliphatic carbocycles. The van der Waals surface area contributed by atoms with Gasteiger partial charge < -0.3 is 5.32 Å². The lowest BCUT2D eigenvalue weighted by molar-refractivity contribution is 0.0939. The van der Waals surface area contributed by atoms with Crippen molar-refractivity contribution in [2.24, 2.45) is 0 Å². The van der Waals surface area contributed by atoms with Gasteiger partial charge in [-0.15, -0.1) is 11.3 Å². The highest BCUT2D eigenvalue weighted by Crippen LogP contribution is 2.18. The lowest BCUT2D eigenvalue weighted by Crippen LogP contribution is -2.26. The van der Waals surface area contributed by atoms with Crippen molar-refractivity contribution in [3.05, 3.63) is 51.2 Å². The number of hydrogen-bond acceptors (Lipinski definition) is 5. The van der Waals surface area contributed by atoms with Gasteiger partial charge >= 0.3 is 0 Å². The van der Waals surface area contributed by atoms with Crippen LogP contribution in [0.5, 0.6) is 0 Å². The standard InChI is InChI=1S/C17H18N4OS/c1-9-10(2)19-15-7-13(5-6-14(15)18-9)17(22)20-11(3)16-8-23-12(4)21-16/h5-8,11H,1-4H3,(H,20,22). The number of aromatic nitrogens is 3. The van der Waals surface area contributed by atoms with Crippen LogP contribution in [0.4, 0.5) is 0 Å². The number of amides is 1. The predicted molar refractivity (Wildman–Crippen MR) is 91.7 cm³/mol. The van der Waals surface area contributed by atoms with Gasteiger partial charge in [-0.25, -0.2) is 15.0 Å². The van der Waals surface area contributed by atoms with Crippen molar-refractivity contribution in [2.45, 2.75) is 33.7 Å². The second-order valence-electron chi connectivity index (χ2n) is 5.58. The lowest BCUT2D eigenvalue weighted by atomic mass is 10.1. The van der Waals surface area contributed by atoms with E-state index in [0.29, 0.717) is 5.56 Å². The van der Waals surface area contributed by atoms with Crippen molar-refractivity contribution in [3.63, 3.8) is 0 Å². The lowest BCUT2D eigenvalue weighted by Gasteiger charge is -2.12. The third kappa shape index (κ3) is 3.22. The smallest absolute Gasteiger partial charge is 0.251 e. The average Bonchev–Trinajstić information content (AvgIpc) is 2.94. The number of hydrogen-bond donors (Lipinski definition) is 1. The molecule has 5 nitrogen and oxygen atoms in total. The van der Waals surface area contributed by atoms with E-state index in [4.69, 9.17) is 0 Å². The molecular formula is C17H18N4OS. The Balaban J connectivity index is 1.84. The third-order valence-electron chi connectivity index (χ3n) is 3.77. The van der Waals surface area contributed by atoms with Crippen LogP contribution < -0.4 is 5.32 Å². The minimum Gasteiger partial charge on any atom is -0.344 e. The van der Waals surface area contributed by atoms with Crippen LogP contribution >= 0.6 is 11.3 Å². The summed E-state index contributed by atoms with van der Waals surface area (Å²) >= 11 is 1.58. The average molecular weight is 326 g/mol. The zero-order valence-electron chi connectivity index (χ0n) is 13.5. The van der Waals surface area contributed by atoms with Gasteiger partial charge in [0.15, 0.2) is 0 Å². The van der Waals surface area contributed by atoms with Crippen molar-refractivity contribution in [1.29, 1.82) is 0 Å². The highest BCUT2D eigenvalue weighted by molar-refractivity contribution is 7.09. The van der Waals surface area contributed by atoms with Crippen molar-refractivity contribution in [1.82, 2.24) is 20.3 Å². The van der Waals surface area contributed by atoms with Gasteiger partial charge in [0.25, 0.3) is 5.91 Å². The number of benzene rings is 1. The third-order valence-corrected chi connectivity index (χ3v) is 4.56. The maximum Gasteiger partial charge on any atom is 0.251 e. The molecule has 0 fully saturated rings. The molecule has 0 spiro atoms. The Morgan fingerprint density at radius 1 is 1.09 bits per heavy atom. The van der Waals surface area contributed by atoms with E-state index in [9.17, 15) is 4.79 Å². The van der Waals surface area contributed by atoms with Gasteiger partial charge in [-0.2, -0.15) is 0 Å². The van der Waals surface area contributed by atoms with Crippen LogP contribution in [0.25, 0.3) is 11.0 Å². The fraction of sp³-hybridized carbons (Fsp3) is 0.294. The van der Waals surface area contributed by atoms with E-state index in [1.165, 1.54) is 0 Å². The molecule has 0 saturated heterocycles. The summed E-state index contributed by atoms with van der Waals surface area (Å²) < 4.78 is 0. The highest BCUT2D eigenvalue weighted by Gasteiger charge is 2.14. The molecule has 1 amide bonds. The van der Waals surface area contributed by atoms with Gasteiger partial charge in [-0.1, -0.05) is 0 Å². The van der Waals surface area contributed by atoms with Crippen molar-refractivity contribution >= 4 is 28.3 Å². The topological polar surface area (TPSA) is 67.8 Å². The molecule has 2 heterocycles. The van der Waals surface area contributed by atoms with E-state index in [0.717, 1.165) is 33.1 Å². The summed E-state index contributed by atoms with van der Waals surface area (Å²) in [6.45, 7) is 7.73. The molecule has 0 aliphatic rings. The fourth-order valence-corrected chi connectivity index (χ4v) is 3.01. The summed E-state index contributed by atoms with van der Waals surface area (Å²) in [4.78, 5) is 25.8. The quantitative estimate of drug-likeness (QED) is 0.800. The molecule has 0 bridgehead atoms. The Hall–Kier alpha value is -2.34. The minimum atomic E-state index is -0.134. The number of aryl methyl sites for hydroxylation is 3. The van der Waals surface area contributed by atoms with Gasteiger partial charge in [0.1, 0.15) is 0 Å². The molecule has 1 aromatic carbocycles. The van der Waals surface area contributed by atoms with E-state index in [1.54, 1.807) is 23.5 Å². The normalized spacial score (nSPS) is 12.3. The molecule has 118 valence electrons. The molecule has 6 heteroatoms. The number of carbonyl (C=O) groups excluding carboxylic acids is 1. The van der Waals surface area contributed by atoms with Gasteiger partial charge in [0.2, 0.25) is 0 Å². The van der Waals surface area contributed by atoms with E-state index in [2.05, 4.69) is 20.3 Å². The molecule has 0 aliphatic heterocycles. The van der Waals surface area contributed by atoms with E-state index < -0.39 is 0 Å². The van der Waals surface area contributed by atoms with Crippen LogP contribution in [0.2, 0.25) is 0 Å². The highest BCUT2D eigenvalue weighted by atomic mass is 32.1. The van der Waals surface area contributed by atoms with Gasteiger partial charge in [-0.05, 0) is 45.9 Å². The first-order valence-electron chi connectivity index (χ1n) is 7.42. The molecule has 23 heavy (non-hydrogen) atoms. The number of nitrogens with zero attached hydrogens (tertiary/aromatic N) is 3. The minimum absolute atomic E-state index is 0.131. The molecule has 3 rings (SSSR count). The van der Waals surface area contributed by atoms with Crippen molar-refractivity contribution in [2.75, 3.05) is 0 Å². The first-order valence-corrected chi connectivity index (χ1v) is 8.30. The van der Waals surface area contributed by atoms with Crippen LogP contribution in [-0.4, -0.2) is 20.9 Å². The van der Waals surface area contributed by atoms with E-state index in [-0.39, 0.29) is 11.9 Å². The molecule has 3 aromatic rings. The molecule has 2 aromatic heterocycles. The van der Waals surface area contributed by atoms with Crippen LogP contribution in [0, 0.1) is 20.8 Å². The number of thiazole rings is 1. The monoisotopic (exact) mass is 326 g/mol. The zero-order valence-corrected chi connectivity index (χ0v) is 14.4. The SMILES string of the molecule is Cc1nc(C(C)NC(=O)c2ccc3nc(C)c(C)nc3c2)cs1. The second kappa shape index (κ2) is 6.04. The van der Waals surface area contributed by atoms with Gasteiger partial charge in [0, 0.05) is 10.9 Å². The maximum atomic E-state index is 12.4. The van der Waals surface area contributed by atoms with Crippen LogP contribution in [0.3, 0.4) is 0 Å². The summed E-state index contributed by atoms with van der Waals surface area (Å²) in [6, 6.07) is 5.26. The maximum absolute atomic E-state index is 12.4. The molecular weight excluding hydrogens is 308 g/mol. The van der Waals surface area contributed by atoms with Crippen molar-refractivity contribution in [3.8, 4) is 0 Å². The number of nitrogens with one attached hydrogen (secondary N) is 1. The Morgan fingerprint density at radius 2 is 1.78 bits per heavy atom. The first kappa shape index (κ1) is 15.6. The summed E-state index contributed by atoms with van der Waals surface area (Å²) in [5, 5.41) is 5.94. The summed E-state index contributed by atoms with van der Waals surface area (Å²) in [5.41, 5.74) is 4.77. The summed E-state index contributed by atoms with van der Waals surface area (Å²) in [5.74, 6) is -0.134. The molecule has 0 radical (unpaired) electrons. The summed E-state index contributed by atoms with van der Waals surface area (Å²) in [6.07, 6.45) is 0. The second-order valence-corrected chi connectivity index (χ2v) is 6.65.